The van der Waals surface area contributed by atoms with Crippen molar-refractivity contribution in [1.82, 2.24) is 25.5 Å². The molecule has 1 heterocycles. The lowest BCUT2D eigenvalue weighted by molar-refractivity contribution is -0.118. The molecule has 2 rings (SSSR count). The molecule has 118 valence electrons. The number of aryl methyl sites for hydroxylation is 1. The molecule has 0 aliphatic heterocycles. The van der Waals surface area contributed by atoms with Gasteiger partial charge in [0, 0.05) is 6.54 Å². The van der Waals surface area contributed by atoms with Crippen LogP contribution in [0.2, 0.25) is 0 Å². The first-order chi connectivity index (χ1) is 10.6. The van der Waals surface area contributed by atoms with E-state index in [0.717, 1.165) is 11.4 Å². The van der Waals surface area contributed by atoms with Gasteiger partial charge in [-0.3, -0.25) is 4.79 Å². The molecule has 1 amide bonds. The fourth-order valence-corrected chi connectivity index (χ4v) is 2.78. The summed E-state index contributed by atoms with van der Waals surface area (Å²) < 4.78 is 1.78. The van der Waals surface area contributed by atoms with E-state index in [1.807, 2.05) is 39.0 Å². The van der Waals surface area contributed by atoms with Gasteiger partial charge in [0.25, 0.3) is 0 Å². The number of thioether (sulfide) groups is 1. The molecule has 1 N–H and O–H groups in total. The number of nitrogens with one attached hydrogen (secondary N) is 1. The Labute approximate surface area is 134 Å². The Balaban J connectivity index is 1.73. The number of amides is 1. The molecule has 0 saturated carbocycles. The number of carbonyl (C=O) groups is 1. The number of nitrogens with zero attached hydrogens (tertiary/aromatic N) is 4. The number of hydrogen-bond donors (Lipinski definition) is 1. The van der Waals surface area contributed by atoms with Crippen molar-refractivity contribution in [2.24, 2.45) is 0 Å². The average molecular weight is 319 g/mol. The molecule has 0 aliphatic rings. The lowest BCUT2D eigenvalue weighted by Gasteiger charge is -2.08. The molecule has 1 aromatic carbocycles. The molecule has 0 aliphatic carbocycles. The van der Waals surface area contributed by atoms with Crippen molar-refractivity contribution in [3.05, 3.63) is 41.2 Å². The Morgan fingerprint density at radius 3 is 2.95 bits per heavy atom. The van der Waals surface area contributed by atoms with Gasteiger partial charge in [-0.2, -0.15) is 0 Å². The van der Waals surface area contributed by atoms with E-state index in [0.29, 0.717) is 18.1 Å². The molecule has 0 fully saturated rings. The maximum atomic E-state index is 11.9. The quantitative estimate of drug-likeness (QED) is 0.846. The Morgan fingerprint density at radius 1 is 1.41 bits per heavy atom. The van der Waals surface area contributed by atoms with Gasteiger partial charge >= 0.3 is 0 Å². The van der Waals surface area contributed by atoms with E-state index in [1.165, 1.54) is 17.3 Å². The Kier molecular flexibility index (Phi) is 5.94. The number of benzene rings is 1. The van der Waals surface area contributed by atoms with Crippen LogP contribution >= 0.6 is 11.8 Å². The summed E-state index contributed by atoms with van der Waals surface area (Å²) in [4.78, 5) is 11.9. The Hall–Kier alpha value is -1.89. The van der Waals surface area contributed by atoms with Crippen LogP contribution in [0.25, 0.3) is 0 Å². The van der Waals surface area contributed by atoms with E-state index in [1.54, 1.807) is 4.68 Å². The second-order valence-electron chi connectivity index (χ2n) is 5.39. The van der Waals surface area contributed by atoms with Crippen LogP contribution in [0.3, 0.4) is 0 Å². The van der Waals surface area contributed by atoms with Crippen molar-refractivity contribution in [3.63, 3.8) is 0 Å². The molecule has 6 nitrogen and oxygen atoms in total. The number of rotatable bonds is 7. The van der Waals surface area contributed by atoms with Crippen LogP contribution in [0, 0.1) is 6.92 Å². The highest BCUT2D eigenvalue weighted by Gasteiger charge is 2.10. The van der Waals surface area contributed by atoms with E-state index in [4.69, 9.17) is 0 Å². The minimum absolute atomic E-state index is 0.0232. The molecule has 0 atom stereocenters. The lowest BCUT2D eigenvalue weighted by Crippen LogP contribution is -2.24. The monoisotopic (exact) mass is 319 g/mol. The summed E-state index contributed by atoms with van der Waals surface area (Å²) in [7, 11) is 0. The summed E-state index contributed by atoms with van der Waals surface area (Å²) in [5.41, 5.74) is 2.31. The Morgan fingerprint density at radius 2 is 2.23 bits per heavy atom. The van der Waals surface area contributed by atoms with Crippen LogP contribution in [-0.4, -0.2) is 31.9 Å². The minimum Gasteiger partial charge on any atom is -0.351 e. The first-order valence-corrected chi connectivity index (χ1v) is 8.38. The number of hydrogen-bond acceptors (Lipinski definition) is 5. The van der Waals surface area contributed by atoms with E-state index in [2.05, 4.69) is 26.9 Å². The van der Waals surface area contributed by atoms with Gasteiger partial charge in [0.15, 0.2) is 5.82 Å². The zero-order valence-electron chi connectivity index (χ0n) is 13.1. The van der Waals surface area contributed by atoms with Crippen molar-refractivity contribution in [2.45, 2.75) is 39.1 Å². The van der Waals surface area contributed by atoms with Gasteiger partial charge in [-0.25, -0.2) is 4.68 Å². The highest BCUT2D eigenvalue weighted by molar-refractivity contribution is 7.99. The standard InChI is InChI=1S/C15H21N5OS/c1-11(2)20-14(17-18-19-20)9-22-10-15(21)16-8-13-6-4-5-12(3)7-13/h4-7,11H,8-10H2,1-3H3,(H,16,21). The minimum atomic E-state index is 0.0232. The van der Waals surface area contributed by atoms with Gasteiger partial charge in [-0.15, -0.1) is 16.9 Å². The fraction of sp³-hybridized carbons (Fsp3) is 0.467. The largest absolute Gasteiger partial charge is 0.351 e. The molecule has 0 radical (unpaired) electrons. The number of tetrazole rings is 1. The van der Waals surface area contributed by atoms with Crippen LogP contribution in [0.1, 0.15) is 36.8 Å². The average Bonchev–Trinajstić information content (AvgIpc) is 2.94. The van der Waals surface area contributed by atoms with Crippen molar-refractivity contribution in [2.75, 3.05) is 5.75 Å². The molecule has 2 aromatic rings. The normalized spacial score (nSPS) is 10.9. The first-order valence-electron chi connectivity index (χ1n) is 7.23. The summed E-state index contributed by atoms with van der Waals surface area (Å²) in [5, 5.41) is 14.5. The molecule has 7 heteroatoms. The maximum Gasteiger partial charge on any atom is 0.230 e. The predicted molar refractivity (Wildman–Crippen MR) is 87.4 cm³/mol. The van der Waals surface area contributed by atoms with Crippen molar-refractivity contribution >= 4 is 17.7 Å². The second kappa shape index (κ2) is 7.93. The predicted octanol–water partition coefficient (Wildman–Crippen LogP) is 2.11. The molecule has 0 bridgehead atoms. The third-order valence-electron chi connectivity index (χ3n) is 3.09. The molecule has 0 spiro atoms. The SMILES string of the molecule is Cc1cccc(CNC(=O)CSCc2nnnn2C(C)C)c1. The van der Waals surface area contributed by atoms with Crippen LogP contribution in [0.15, 0.2) is 24.3 Å². The van der Waals surface area contributed by atoms with Crippen molar-refractivity contribution in [3.8, 4) is 0 Å². The Bertz CT molecular complexity index is 626. The van der Waals surface area contributed by atoms with E-state index < -0.39 is 0 Å². The van der Waals surface area contributed by atoms with Gasteiger partial charge in [0.05, 0.1) is 17.5 Å². The van der Waals surface area contributed by atoms with E-state index in [-0.39, 0.29) is 11.9 Å². The van der Waals surface area contributed by atoms with Crippen molar-refractivity contribution < 1.29 is 4.79 Å². The topological polar surface area (TPSA) is 72.7 Å². The van der Waals surface area contributed by atoms with Gasteiger partial charge in [0.2, 0.25) is 5.91 Å². The molecule has 0 saturated heterocycles. The van der Waals surface area contributed by atoms with E-state index >= 15 is 0 Å². The molecular formula is C15H21N5OS. The lowest BCUT2D eigenvalue weighted by atomic mass is 10.1. The zero-order valence-corrected chi connectivity index (χ0v) is 13.9. The van der Waals surface area contributed by atoms with Crippen molar-refractivity contribution in [1.29, 1.82) is 0 Å². The first kappa shape index (κ1) is 16.5. The summed E-state index contributed by atoms with van der Waals surface area (Å²) in [6, 6.07) is 8.35. The van der Waals surface area contributed by atoms with Crippen LogP contribution in [-0.2, 0) is 17.1 Å². The highest BCUT2D eigenvalue weighted by Crippen LogP contribution is 2.12. The van der Waals surface area contributed by atoms with Crippen LogP contribution in [0.4, 0.5) is 0 Å². The molecular weight excluding hydrogens is 298 g/mol. The second-order valence-corrected chi connectivity index (χ2v) is 6.38. The fourth-order valence-electron chi connectivity index (χ4n) is 2.02. The summed E-state index contributed by atoms with van der Waals surface area (Å²) in [6.07, 6.45) is 0. The van der Waals surface area contributed by atoms with Crippen LogP contribution in [0.5, 0.6) is 0 Å². The maximum absolute atomic E-state index is 11.9. The van der Waals surface area contributed by atoms with Gasteiger partial charge in [-0.05, 0) is 36.8 Å². The van der Waals surface area contributed by atoms with E-state index in [9.17, 15) is 4.79 Å². The highest BCUT2D eigenvalue weighted by atomic mass is 32.2. The summed E-state index contributed by atoms with van der Waals surface area (Å²) in [6.45, 7) is 6.66. The number of carbonyl (C=O) groups excluding carboxylic acids is 1. The zero-order chi connectivity index (χ0) is 15.9. The van der Waals surface area contributed by atoms with Gasteiger partial charge in [0.1, 0.15) is 0 Å². The molecule has 1 aromatic heterocycles. The summed E-state index contributed by atoms with van der Waals surface area (Å²) >= 11 is 1.51. The number of aromatic nitrogens is 4. The summed E-state index contributed by atoms with van der Waals surface area (Å²) in [5.74, 6) is 1.85. The van der Waals surface area contributed by atoms with Crippen LogP contribution < -0.4 is 5.32 Å². The third-order valence-corrected chi connectivity index (χ3v) is 4.02. The third kappa shape index (κ3) is 4.84. The molecule has 22 heavy (non-hydrogen) atoms. The van der Waals surface area contributed by atoms with Gasteiger partial charge < -0.3 is 5.32 Å². The smallest absolute Gasteiger partial charge is 0.230 e. The molecule has 0 unspecified atom stereocenters. The van der Waals surface area contributed by atoms with Gasteiger partial charge in [-0.1, -0.05) is 29.8 Å².